The first kappa shape index (κ1) is 20.2. The summed E-state index contributed by atoms with van der Waals surface area (Å²) in [5.74, 6) is 0.684. The molecule has 0 saturated heterocycles. The van der Waals surface area contributed by atoms with E-state index in [1.165, 1.54) is 0 Å². The van der Waals surface area contributed by atoms with E-state index in [1.54, 1.807) is 18.5 Å². The molecule has 2 N–H and O–H groups in total. The molecule has 0 unspecified atom stereocenters. The summed E-state index contributed by atoms with van der Waals surface area (Å²) in [6, 6.07) is 21.2. The number of nitrogens with zero attached hydrogens (tertiary/aromatic N) is 2. The fourth-order valence-electron chi connectivity index (χ4n) is 2.78. The third-order valence-electron chi connectivity index (χ3n) is 4.60. The van der Waals surface area contributed by atoms with Crippen LogP contribution in [0.15, 0.2) is 79.1 Å². The van der Waals surface area contributed by atoms with Crippen molar-refractivity contribution >= 4 is 17.4 Å². The summed E-state index contributed by atoms with van der Waals surface area (Å²) in [5, 5.41) is 5.77. The number of ether oxygens (including phenoxy) is 1. The van der Waals surface area contributed by atoms with E-state index in [4.69, 9.17) is 4.74 Å². The number of anilines is 2. The lowest BCUT2D eigenvalue weighted by atomic mass is 10.2. The van der Waals surface area contributed by atoms with Gasteiger partial charge in [0.15, 0.2) is 0 Å². The molecule has 0 fully saturated rings. The van der Waals surface area contributed by atoms with Gasteiger partial charge in [0.1, 0.15) is 12.4 Å². The molecule has 1 atom stereocenters. The molecule has 2 aromatic carbocycles. The van der Waals surface area contributed by atoms with Crippen molar-refractivity contribution in [2.75, 3.05) is 23.8 Å². The van der Waals surface area contributed by atoms with Gasteiger partial charge in [0, 0.05) is 55.0 Å². The molecule has 0 radical (unpaired) electrons. The molecule has 0 spiro atoms. The topological polar surface area (TPSA) is 66.5 Å². The predicted molar refractivity (Wildman–Crippen MR) is 116 cm³/mol. The Bertz CT molecular complexity index is 903. The number of pyridine rings is 1. The molecule has 0 saturated carbocycles. The monoisotopic (exact) mass is 390 g/mol. The number of benzene rings is 2. The lowest BCUT2D eigenvalue weighted by molar-refractivity contribution is 0.251. The van der Waals surface area contributed by atoms with Crippen LogP contribution in [0.1, 0.15) is 12.5 Å². The number of rotatable bonds is 8. The van der Waals surface area contributed by atoms with Crippen molar-refractivity contribution in [1.82, 2.24) is 10.3 Å². The number of carbonyl (C=O) groups excluding carboxylic acids is 1. The van der Waals surface area contributed by atoms with E-state index >= 15 is 0 Å². The maximum absolute atomic E-state index is 12.3. The zero-order valence-corrected chi connectivity index (χ0v) is 16.7. The summed E-state index contributed by atoms with van der Waals surface area (Å²) in [5.41, 5.74) is 2.77. The molecule has 6 heteroatoms. The Kier molecular flexibility index (Phi) is 7.05. The number of hydrogen-bond acceptors (Lipinski definition) is 4. The van der Waals surface area contributed by atoms with Crippen LogP contribution in [-0.4, -0.2) is 30.6 Å². The van der Waals surface area contributed by atoms with E-state index in [0.717, 1.165) is 11.3 Å². The van der Waals surface area contributed by atoms with Gasteiger partial charge in [0.2, 0.25) is 0 Å². The summed E-state index contributed by atoms with van der Waals surface area (Å²) >= 11 is 0. The number of para-hydroxylation sites is 1. The van der Waals surface area contributed by atoms with Gasteiger partial charge >= 0.3 is 6.03 Å². The van der Waals surface area contributed by atoms with Gasteiger partial charge in [-0.05, 0) is 37.3 Å². The van der Waals surface area contributed by atoms with Crippen LogP contribution in [-0.2, 0) is 6.61 Å². The van der Waals surface area contributed by atoms with Gasteiger partial charge in [-0.1, -0.05) is 30.3 Å². The second-order valence-electron chi connectivity index (χ2n) is 6.81. The largest absolute Gasteiger partial charge is 0.489 e. The molecule has 29 heavy (non-hydrogen) atoms. The number of aromatic nitrogens is 1. The van der Waals surface area contributed by atoms with Gasteiger partial charge in [-0.3, -0.25) is 4.98 Å². The molecule has 0 aliphatic carbocycles. The average molecular weight is 390 g/mol. The summed E-state index contributed by atoms with van der Waals surface area (Å²) in [6.45, 7) is 3.02. The zero-order chi connectivity index (χ0) is 20.5. The fourth-order valence-corrected chi connectivity index (χ4v) is 2.78. The number of urea groups is 1. The van der Waals surface area contributed by atoms with E-state index in [-0.39, 0.29) is 12.1 Å². The molecule has 3 aromatic rings. The Morgan fingerprint density at radius 3 is 2.69 bits per heavy atom. The van der Waals surface area contributed by atoms with E-state index < -0.39 is 0 Å². The molecule has 0 bridgehead atoms. The van der Waals surface area contributed by atoms with Crippen LogP contribution >= 0.6 is 0 Å². The molecule has 0 aliphatic heterocycles. The molecule has 1 heterocycles. The fraction of sp³-hybridized carbons (Fsp3) is 0.217. The predicted octanol–water partition coefficient (Wildman–Crippen LogP) is 4.31. The lowest BCUT2D eigenvalue weighted by Gasteiger charge is -2.27. The van der Waals surface area contributed by atoms with Crippen LogP contribution in [0.5, 0.6) is 5.75 Å². The van der Waals surface area contributed by atoms with Crippen molar-refractivity contribution < 1.29 is 9.53 Å². The molecule has 0 aliphatic rings. The molecule has 3 rings (SSSR count). The van der Waals surface area contributed by atoms with Crippen LogP contribution < -0.4 is 20.3 Å². The van der Waals surface area contributed by atoms with Gasteiger partial charge in [-0.2, -0.15) is 0 Å². The van der Waals surface area contributed by atoms with Gasteiger partial charge < -0.3 is 20.3 Å². The molecule has 1 aromatic heterocycles. The van der Waals surface area contributed by atoms with Crippen molar-refractivity contribution in [1.29, 1.82) is 0 Å². The minimum Gasteiger partial charge on any atom is -0.489 e. The average Bonchev–Trinajstić information content (AvgIpc) is 2.77. The first-order valence-corrected chi connectivity index (χ1v) is 9.56. The number of likely N-dealkylation sites (N-methyl/N-ethyl adjacent to an activating group) is 1. The number of carbonyl (C=O) groups is 1. The van der Waals surface area contributed by atoms with Crippen molar-refractivity contribution in [3.63, 3.8) is 0 Å². The summed E-state index contributed by atoms with van der Waals surface area (Å²) < 4.78 is 5.77. The maximum atomic E-state index is 12.3. The number of nitrogens with one attached hydrogen (secondary N) is 2. The molecule has 2 amide bonds. The maximum Gasteiger partial charge on any atom is 0.319 e. The highest BCUT2D eigenvalue weighted by molar-refractivity contribution is 5.89. The second-order valence-corrected chi connectivity index (χ2v) is 6.81. The van der Waals surface area contributed by atoms with Crippen molar-refractivity contribution in [3.8, 4) is 5.75 Å². The highest BCUT2D eigenvalue weighted by atomic mass is 16.5. The summed E-state index contributed by atoms with van der Waals surface area (Å²) in [6.07, 6.45) is 3.49. The Hall–Kier alpha value is -3.54. The minimum absolute atomic E-state index is 0.150. The van der Waals surface area contributed by atoms with E-state index in [0.29, 0.717) is 24.6 Å². The van der Waals surface area contributed by atoms with Crippen LogP contribution in [0.3, 0.4) is 0 Å². The SMILES string of the molecule is C[C@H](CNC(=O)Nc1cccc(OCc2cccnc2)c1)N(C)c1ccccc1. The van der Waals surface area contributed by atoms with Gasteiger partial charge in [-0.25, -0.2) is 4.79 Å². The number of hydrogen-bond donors (Lipinski definition) is 2. The second kappa shape index (κ2) is 10.1. The van der Waals surface area contributed by atoms with Crippen LogP contribution in [0, 0.1) is 0 Å². The van der Waals surface area contributed by atoms with Crippen LogP contribution in [0.25, 0.3) is 0 Å². The highest BCUT2D eigenvalue weighted by Crippen LogP contribution is 2.18. The van der Waals surface area contributed by atoms with Crippen molar-refractivity contribution in [2.45, 2.75) is 19.6 Å². The zero-order valence-electron chi connectivity index (χ0n) is 16.7. The van der Waals surface area contributed by atoms with E-state index in [9.17, 15) is 4.79 Å². The Morgan fingerprint density at radius 2 is 1.93 bits per heavy atom. The normalized spacial score (nSPS) is 11.4. The van der Waals surface area contributed by atoms with Gasteiger partial charge in [0.05, 0.1) is 0 Å². The lowest BCUT2D eigenvalue weighted by Crippen LogP contribution is -2.41. The first-order valence-electron chi connectivity index (χ1n) is 9.56. The van der Waals surface area contributed by atoms with E-state index in [1.807, 2.05) is 67.7 Å². The van der Waals surface area contributed by atoms with Crippen LogP contribution in [0.2, 0.25) is 0 Å². The highest BCUT2D eigenvalue weighted by Gasteiger charge is 2.11. The smallest absolute Gasteiger partial charge is 0.319 e. The van der Waals surface area contributed by atoms with Crippen molar-refractivity contribution in [2.24, 2.45) is 0 Å². The van der Waals surface area contributed by atoms with Gasteiger partial charge in [-0.15, -0.1) is 0 Å². The molecule has 150 valence electrons. The molecular formula is C23H26N4O2. The van der Waals surface area contributed by atoms with Gasteiger partial charge in [0.25, 0.3) is 0 Å². The Labute approximate surface area is 171 Å². The molecular weight excluding hydrogens is 364 g/mol. The number of amides is 2. The molecule has 6 nitrogen and oxygen atoms in total. The third-order valence-corrected chi connectivity index (χ3v) is 4.60. The van der Waals surface area contributed by atoms with Crippen LogP contribution in [0.4, 0.5) is 16.2 Å². The third kappa shape index (κ3) is 6.24. The van der Waals surface area contributed by atoms with E-state index in [2.05, 4.69) is 27.4 Å². The standard InChI is InChI=1S/C23H26N4O2/c1-18(27(2)21-10-4-3-5-11-21)15-25-23(28)26-20-9-6-12-22(14-20)29-17-19-8-7-13-24-16-19/h3-14,16,18H,15,17H2,1-2H3,(H2,25,26,28)/t18-/m1/s1. The van der Waals surface area contributed by atoms with Crippen molar-refractivity contribution in [3.05, 3.63) is 84.7 Å². The minimum atomic E-state index is -0.247. The Morgan fingerprint density at radius 1 is 1.10 bits per heavy atom. The Balaban J connectivity index is 1.47. The first-order chi connectivity index (χ1) is 14.1. The quantitative estimate of drug-likeness (QED) is 0.602. The summed E-state index contributed by atoms with van der Waals surface area (Å²) in [4.78, 5) is 18.5. The summed E-state index contributed by atoms with van der Waals surface area (Å²) in [7, 11) is 2.02.